The van der Waals surface area contributed by atoms with Crippen molar-refractivity contribution < 1.29 is 4.39 Å². The lowest BCUT2D eigenvalue weighted by Crippen LogP contribution is -2.08. The zero-order chi connectivity index (χ0) is 15.2. The van der Waals surface area contributed by atoms with Crippen LogP contribution in [-0.2, 0) is 6.42 Å². The Labute approximate surface area is 124 Å². The molecule has 4 nitrogen and oxygen atoms in total. The highest BCUT2D eigenvalue weighted by atomic mass is 19.1. The molecule has 0 aliphatic heterocycles. The third-order valence-electron chi connectivity index (χ3n) is 3.31. The van der Waals surface area contributed by atoms with Gasteiger partial charge in [-0.1, -0.05) is 19.4 Å². The molecule has 112 valence electrons. The van der Waals surface area contributed by atoms with E-state index in [9.17, 15) is 4.39 Å². The molecule has 0 radical (unpaired) electrons. The van der Waals surface area contributed by atoms with Gasteiger partial charge in [0, 0.05) is 23.4 Å². The molecule has 0 saturated heterocycles. The molecule has 0 unspecified atom stereocenters. The summed E-state index contributed by atoms with van der Waals surface area (Å²) < 4.78 is 13.6. The fourth-order valence-electron chi connectivity index (χ4n) is 2.20. The summed E-state index contributed by atoms with van der Waals surface area (Å²) >= 11 is 0. The van der Waals surface area contributed by atoms with Crippen LogP contribution >= 0.6 is 0 Å². The minimum atomic E-state index is -0.224. The molecule has 0 aliphatic carbocycles. The maximum Gasteiger partial charge on any atom is 0.139 e. The fraction of sp³-hybridized carbons (Fsp3) is 0.375. The number of hydrogen-bond acceptors (Lipinski definition) is 4. The predicted molar refractivity (Wildman–Crippen MR) is 84.6 cm³/mol. The van der Waals surface area contributed by atoms with Gasteiger partial charge in [0.15, 0.2) is 0 Å². The van der Waals surface area contributed by atoms with Gasteiger partial charge < -0.3 is 10.6 Å². The number of rotatable bonds is 6. The maximum atomic E-state index is 13.6. The average Bonchev–Trinajstić information content (AvgIpc) is 2.47. The highest BCUT2D eigenvalue weighted by molar-refractivity contribution is 5.67. The van der Waals surface area contributed by atoms with E-state index in [4.69, 9.17) is 0 Å². The number of nitrogens with zero attached hydrogens (tertiary/aromatic N) is 2. The number of halogens is 1. The van der Waals surface area contributed by atoms with Crippen LogP contribution in [0.1, 0.15) is 31.4 Å². The Kier molecular flexibility index (Phi) is 5.09. The number of benzene rings is 1. The summed E-state index contributed by atoms with van der Waals surface area (Å²) in [5, 5.41) is 6.48. The van der Waals surface area contributed by atoms with Crippen LogP contribution < -0.4 is 10.6 Å². The van der Waals surface area contributed by atoms with Gasteiger partial charge in [0.1, 0.15) is 23.8 Å². The second-order valence-electron chi connectivity index (χ2n) is 4.87. The quantitative estimate of drug-likeness (QED) is 0.842. The van der Waals surface area contributed by atoms with Crippen LogP contribution in [0, 0.1) is 12.7 Å². The van der Waals surface area contributed by atoms with E-state index in [-0.39, 0.29) is 5.82 Å². The maximum absolute atomic E-state index is 13.6. The van der Waals surface area contributed by atoms with Crippen molar-refractivity contribution in [1.29, 1.82) is 0 Å². The van der Waals surface area contributed by atoms with Crippen LogP contribution in [0.3, 0.4) is 0 Å². The van der Waals surface area contributed by atoms with Crippen molar-refractivity contribution in [3.8, 4) is 0 Å². The molecule has 2 aromatic rings. The van der Waals surface area contributed by atoms with Gasteiger partial charge in [-0.15, -0.1) is 0 Å². The second-order valence-corrected chi connectivity index (χ2v) is 4.87. The number of nitrogens with one attached hydrogen (secondary N) is 2. The van der Waals surface area contributed by atoms with Crippen molar-refractivity contribution >= 4 is 17.3 Å². The fourth-order valence-corrected chi connectivity index (χ4v) is 2.20. The Balaban J connectivity index is 2.38. The first-order chi connectivity index (χ1) is 10.2. The molecule has 0 fully saturated rings. The summed E-state index contributed by atoms with van der Waals surface area (Å²) in [5.74, 6) is 1.35. The van der Waals surface area contributed by atoms with Crippen molar-refractivity contribution in [2.24, 2.45) is 0 Å². The number of aromatic nitrogens is 2. The highest BCUT2D eigenvalue weighted by Gasteiger charge is 2.12. The van der Waals surface area contributed by atoms with Gasteiger partial charge in [0.2, 0.25) is 0 Å². The normalized spacial score (nSPS) is 10.5. The zero-order valence-corrected chi connectivity index (χ0v) is 12.7. The van der Waals surface area contributed by atoms with E-state index in [0.29, 0.717) is 5.56 Å². The van der Waals surface area contributed by atoms with Crippen molar-refractivity contribution in [3.05, 3.63) is 41.5 Å². The molecule has 0 atom stereocenters. The van der Waals surface area contributed by atoms with Crippen LogP contribution in [0.15, 0.2) is 24.5 Å². The van der Waals surface area contributed by atoms with Gasteiger partial charge in [-0.05, 0) is 32.4 Å². The predicted octanol–water partition coefficient (Wildman–Crippen LogP) is 4.05. The molecule has 1 heterocycles. The first-order valence-corrected chi connectivity index (χ1v) is 7.27. The summed E-state index contributed by atoms with van der Waals surface area (Å²) in [6, 6.07) is 5.00. The molecule has 0 aliphatic rings. The van der Waals surface area contributed by atoms with Crippen molar-refractivity contribution in [2.45, 2.75) is 33.6 Å². The van der Waals surface area contributed by atoms with E-state index in [2.05, 4.69) is 27.5 Å². The first kappa shape index (κ1) is 15.2. The third kappa shape index (κ3) is 3.48. The summed E-state index contributed by atoms with van der Waals surface area (Å²) in [5.41, 5.74) is 2.35. The Morgan fingerprint density at radius 1 is 1.14 bits per heavy atom. The molecule has 0 bridgehead atoms. The van der Waals surface area contributed by atoms with Gasteiger partial charge in [-0.3, -0.25) is 0 Å². The smallest absolute Gasteiger partial charge is 0.139 e. The van der Waals surface area contributed by atoms with Gasteiger partial charge in [-0.2, -0.15) is 0 Å². The second kappa shape index (κ2) is 7.02. The monoisotopic (exact) mass is 288 g/mol. The third-order valence-corrected chi connectivity index (χ3v) is 3.31. The molecular formula is C16H21FN4. The van der Waals surface area contributed by atoms with Gasteiger partial charge in [0.25, 0.3) is 0 Å². The number of anilines is 3. The molecule has 0 saturated carbocycles. The largest absolute Gasteiger partial charge is 0.370 e. The minimum Gasteiger partial charge on any atom is -0.370 e. The van der Waals surface area contributed by atoms with Crippen molar-refractivity contribution in [3.63, 3.8) is 0 Å². The molecular weight excluding hydrogens is 267 g/mol. The molecule has 1 aromatic carbocycles. The van der Waals surface area contributed by atoms with Crippen LogP contribution in [0.4, 0.5) is 21.7 Å². The van der Waals surface area contributed by atoms with Crippen molar-refractivity contribution in [2.75, 3.05) is 17.2 Å². The zero-order valence-electron chi connectivity index (χ0n) is 12.7. The van der Waals surface area contributed by atoms with Crippen LogP contribution in [0.5, 0.6) is 0 Å². The molecule has 21 heavy (non-hydrogen) atoms. The van der Waals surface area contributed by atoms with E-state index in [0.717, 1.165) is 42.3 Å². The first-order valence-electron chi connectivity index (χ1n) is 7.27. The van der Waals surface area contributed by atoms with Gasteiger partial charge in [0.05, 0.1) is 0 Å². The van der Waals surface area contributed by atoms with E-state index < -0.39 is 0 Å². The molecule has 5 heteroatoms. The van der Waals surface area contributed by atoms with Crippen LogP contribution in [0.25, 0.3) is 0 Å². The summed E-state index contributed by atoms with van der Waals surface area (Å²) in [4.78, 5) is 8.61. The Hall–Kier alpha value is -2.17. The average molecular weight is 288 g/mol. The standard InChI is InChI=1S/C16H21FN4/c1-4-7-12-15(18-5-2)19-10-20-16(12)21-14-9-6-8-13(17)11(14)3/h6,8-10H,4-5,7H2,1-3H3,(H2,18,19,20,21). The summed E-state index contributed by atoms with van der Waals surface area (Å²) in [6.07, 6.45) is 3.37. The number of hydrogen-bond donors (Lipinski definition) is 2. The molecule has 2 rings (SSSR count). The lowest BCUT2D eigenvalue weighted by Gasteiger charge is -2.15. The molecule has 1 aromatic heterocycles. The topological polar surface area (TPSA) is 49.8 Å². The minimum absolute atomic E-state index is 0.224. The lowest BCUT2D eigenvalue weighted by molar-refractivity contribution is 0.619. The summed E-state index contributed by atoms with van der Waals surface area (Å²) in [7, 11) is 0. The molecule has 2 N–H and O–H groups in total. The SMILES string of the molecule is CCCc1c(NCC)ncnc1Nc1cccc(F)c1C. The Bertz CT molecular complexity index is 613. The van der Waals surface area contributed by atoms with E-state index in [1.165, 1.54) is 12.4 Å². The molecule has 0 amide bonds. The van der Waals surface area contributed by atoms with E-state index >= 15 is 0 Å². The van der Waals surface area contributed by atoms with E-state index in [1.807, 2.05) is 13.0 Å². The van der Waals surface area contributed by atoms with Crippen LogP contribution in [-0.4, -0.2) is 16.5 Å². The summed E-state index contributed by atoms with van der Waals surface area (Å²) in [6.45, 7) is 6.69. The lowest BCUT2D eigenvalue weighted by atomic mass is 10.1. The Morgan fingerprint density at radius 3 is 2.62 bits per heavy atom. The highest BCUT2D eigenvalue weighted by Crippen LogP contribution is 2.27. The molecule has 0 spiro atoms. The van der Waals surface area contributed by atoms with Gasteiger partial charge >= 0.3 is 0 Å². The Morgan fingerprint density at radius 2 is 1.90 bits per heavy atom. The van der Waals surface area contributed by atoms with Gasteiger partial charge in [-0.25, -0.2) is 14.4 Å². The van der Waals surface area contributed by atoms with Crippen LogP contribution in [0.2, 0.25) is 0 Å². The van der Waals surface area contributed by atoms with Crippen molar-refractivity contribution in [1.82, 2.24) is 9.97 Å². The van der Waals surface area contributed by atoms with E-state index in [1.54, 1.807) is 13.0 Å².